The van der Waals surface area contributed by atoms with Gasteiger partial charge in [0, 0.05) is 16.7 Å². The van der Waals surface area contributed by atoms with Crippen molar-refractivity contribution in [1.82, 2.24) is 4.98 Å². The van der Waals surface area contributed by atoms with E-state index in [1.54, 1.807) is 0 Å². The molecule has 1 aromatic carbocycles. The molecular weight excluding hydrogens is 355 g/mol. The van der Waals surface area contributed by atoms with Crippen LogP contribution < -0.4 is 10.5 Å². The van der Waals surface area contributed by atoms with E-state index in [4.69, 9.17) is 4.42 Å². The Morgan fingerprint density at radius 2 is 1.95 bits per heavy atom. The molecule has 2 aromatic rings. The lowest BCUT2D eigenvalue weighted by molar-refractivity contribution is 0.540. The van der Waals surface area contributed by atoms with E-state index in [0.717, 1.165) is 29.5 Å². The maximum absolute atomic E-state index is 12.1. The smallest absolute Gasteiger partial charge is 0.301 e. The molecule has 102 valence electrons. The van der Waals surface area contributed by atoms with Crippen molar-refractivity contribution in [3.05, 3.63) is 32.1 Å². The largest absolute Gasteiger partial charge is 0.425 e. The highest BCUT2D eigenvalue weighted by molar-refractivity contribution is 14.1. The highest BCUT2D eigenvalue weighted by Crippen LogP contribution is 2.19. The van der Waals surface area contributed by atoms with Crippen molar-refractivity contribution in [3.8, 4) is 0 Å². The van der Waals surface area contributed by atoms with Crippen LogP contribution in [0.3, 0.4) is 0 Å². The van der Waals surface area contributed by atoms with Crippen molar-refractivity contribution in [2.45, 2.75) is 26.7 Å². The van der Waals surface area contributed by atoms with Crippen LogP contribution in [0.1, 0.15) is 26.7 Å². The van der Waals surface area contributed by atoms with Gasteiger partial charge in [-0.3, -0.25) is 4.79 Å². The van der Waals surface area contributed by atoms with Gasteiger partial charge in [0.2, 0.25) is 0 Å². The molecule has 4 nitrogen and oxygen atoms in total. The maximum atomic E-state index is 12.1. The summed E-state index contributed by atoms with van der Waals surface area (Å²) in [5, 5.41) is 0.545. The fourth-order valence-corrected chi connectivity index (χ4v) is 2.50. The molecule has 0 aliphatic rings. The first-order valence-electron chi connectivity index (χ1n) is 6.51. The molecule has 0 amide bonds. The molecule has 0 spiro atoms. The van der Waals surface area contributed by atoms with Crippen molar-refractivity contribution in [1.29, 1.82) is 0 Å². The monoisotopic (exact) mass is 372 g/mol. The number of benzene rings is 1. The predicted octanol–water partition coefficient (Wildman–Crippen LogP) is 3.42. The van der Waals surface area contributed by atoms with Gasteiger partial charge < -0.3 is 9.32 Å². The number of hydrogen-bond acceptors (Lipinski definition) is 4. The standard InChI is InChI=1S/C14H17IN2O2/c1-3-7-17(8-4-2)14-16-13(18)11-9-10(15)5-6-12(11)19-14/h5-6,9H,3-4,7-8H2,1-2H3. The van der Waals surface area contributed by atoms with Crippen molar-refractivity contribution in [3.63, 3.8) is 0 Å². The summed E-state index contributed by atoms with van der Waals surface area (Å²) in [6.45, 7) is 5.90. The van der Waals surface area contributed by atoms with Gasteiger partial charge in [-0.25, -0.2) is 0 Å². The van der Waals surface area contributed by atoms with Crippen molar-refractivity contribution < 1.29 is 4.42 Å². The van der Waals surface area contributed by atoms with E-state index in [2.05, 4.69) is 41.4 Å². The summed E-state index contributed by atoms with van der Waals surface area (Å²) in [7, 11) is 0. The van der Waals surface area contributed by atoms with Gasteiger partial charge in [0.1, 0.15) is 5.58 Å². The second-order valence-corrected chi connectivity index (χ2v) is 5.67. The molecule has 0 saturated carbocycles. The molecular formula is C14H17IN2O2. The van der Waals surface area contributed by atoms with E-state index >= 15 is 0 Å². The molecule has 0 aliphatic carbocycles. The van der Waals surface area contributed by atoms with E-state index in [9.17, 15) is 4.79 Å². The zero-order chi connectivity index (χ0) is 13.8. The van der Waals surface area contributed by atoms with E-state index in [1.807, 2.05) is 23.1 Å². The van der Waals surface area contributed by atoms with Crippen LogP contribution in [0.4, 0.5) is 6.01 Å². The van der Waals surface area contributed by atoms with E-state index in [-0.39, 0.29) is 5.56 Å². The summed E-state index contributed by atoms with van der Waals surface area (Å²) < 4.78 is 6.78. The highest BCUT2D eigenvalue weighted by Gasteiger charge is 2.12. The lowest BCUT2D eigenvalue weighted by Crippen LogP contribution is -2.27. The van der Waals surface area contributed by atoms with Crippen LogP contribution in [0.25, 0.3) is 11.0 Å². The lowest BCUT2D eigenvalue weighted by atomic mass is 10.2. The van der Waals surface area contributed by atoms with Crippen LogP contribution >= 0.6 is 22.6 Å². The van der Waals surface area contributed by atoms with Crippen LogP contribution in [0.15, 0.2) is 27.4 Å². The molecule has 0 unspecified atom stereocenters. The van der Waals surface area contributed by atoms with Gasteiger partial charge in [-0.15, -0.1) is 0 Å². The molecule has 5 heteroatoms. The number of halogens is 1. The molecule has 0 radical (unpaired) electrons. The molecule has 0 saturated heterocycles. The van der Waals surface area contributed by atoms with Gasteiger partial charge in [-0.2, -0.15) is 4.98 Å². The fraction of sp³-hybridized carbons (Fsp3) is 0.429. The third-order valence-electron chi connectivity index (χ3n) is 2.83. The minimum absolute atomic E-state index is 0.216. The number of anilines is 1. The van der Waals surface area contributed by atoms with Gasteiger partial charge in [0.15, 0.2) is 0 Å². The van der Waals surface area contributed by atoms with Gasteiger partial charge in [0.05, 0.1) is 5.39 Å². The van der Waals surface area contributed by atoms with E-state index in [1.165, 1.54) is 0 Å². The number of fused-ring (bicyclic) bond motifs is 1. The number of aromatic nitrogens is 1. The maximum Gasteiger partial charge on any atom is 0.301 e. The Balaban J connectivity index is 2.50. The minimum Gasteiger partial charge on any atom is -0.425 e. The van der Waals surface area contributed by atoms with Gasteiger partial charge >= 0.3 is 6.01 Å². The van der Waals surface area contributed by atoms with Gasteiger partial charge in [-0.1, -0.05) is 13.8 Å². The minimum atomic E-state index is -0.216. The van der Waals surface area contributed by atoms with Gasteiger partial charge in [0.25, 0.3) is 5.56 Å². The van der Waals surface area contributed by atoms with Crippen molar-refractivity contribution >= 4 is 39.6 Å². The third-order valence-corrected chi connectivity index (χ3v) is 3.50. The summed E-state index contributed by atoms with van der Waals surface area (Å²) >= 11 is 2.17. The quantitative estimate of drug-likeness (QED) is 0.755. The van der Waals surface area contributed by atoms with Crippen LogP contribution in [0, 0.1) is 3.57 Å². The SMILES string of the molecule is CCCN(CCC)c1nc(=O)c2cc(I)ccc2o1. The van der Waals surface area contributed by atoms with Crippen LogP contribution in [-0.4, -0.2) is 18.1 Å². The average molecular weight is 372 g/mol. The summed E-state index contributed by atoms with van der Waals surface area (Å²) in [5.41, 5.74) is 0.389. The number of rotatable bonds is 5. The number of nitrogens with zero attached hydrogens (tertiary/aromatic N) is 2. The topological polar surface area (TPSA) is 46.3 Å². The Kier molecular flexibility index (Phi) is 4.79. The zero-order valence-corrected chi connectivity index (χ0v) is 13.3. The first-order valence-corrected chi connectivity index (χ1v) is 7.59. The highest BCUT2D eigenvalue weighted by atomic mass is 127. The average Bonchev–Trinajstić information content (AvgIpc) is 2.39. The van der Waals surface area contributed by atoms with Crippen LogP contribution in [-0.2, 0) is 0 Å². The Morgan fingerprint density at radius 3 is 2.58 bits per heavy atom. The Hall–Kier alpha value is -1.11. The Bertz CT molecular complexity index is 618. The van der Waals surface area contributed by atoms with Crippen molar-refractivity contribution in [2.24, 2.45) is 0 Å². The number of hydrogen-bond donors (Lipinski definition) is 0. The molecule has 0 N–H and O–H groups in total. The first kappa shape index (κ1) is 14.3. The summed E-state index contributed by atoms with van der Waals surface area (Å²) in [5.74, 6) is 0. The van der Waals surface area contributed by atoms with Crippen LogP contribution in [0.5, 0.6) is 0 Å². The molecule has 0 atom stereocenters. The molecule has 0 aliphatic heterocycles. The molecule has 2 rings (SSSR count). The Labute approximate surface area is 126 Å². The molecule has 1 aromatic heterocycles. The second kappa shape index (κ2) is 6.36. The summed E-state index contributed by atoms with van der Waals surface area (Å²) in [6, 6.07) is 6.00. The molecule has 1 heterocycles. The summed E-state index contributed by atoms with van der Waals surface area (Å²) in [4.78, 5) is 18.2. The second-order valence-electron chi connectivity index (χ2n) is 4.43. The predicted molar refractivity (Wildman–Crippen MR) is 85.8 cm³/mol. The molecule has 0 fully saturated rings. The zero-order valence-electron chi connectivity index (χ0n) is 11.1. The van der Waals surface area contributed by atoms with Gasteiger partial charge in [-0.05, 0) is 53.6 Å². The van der Waals surface area contributed by atoms with E-state index < -0.39 is 0 Å². The van der Waals surface area contributed by atoms with Crippen molar-refractivity contribution in [2.75, 3.05) is 18.0 Å². The van der Waals surface area contributed by atoms with E-state index in [0.29, 0.717) is 17.0 Å². The third kappa shape index (κ3) is 3.26. The lowest BCUT2D eigenvalue weighted by Gasteiger charge is -2.20. The molecule has 19 heavy (non-hydrogen) atoms. The summed E-state index contributed by atoms with van der Waals surface area (Å²) in [6.07, 6.45) is 1.99. The first-order chi connectivity index (χ1) is 9.15. The molecule has 0 bridgehead atoms. The Morgan fingerprint density at radius 1 is 1.26 bits per heavy atom. The fourth-order valence-electron chi connectivity index (χ4n) is 2.00. The normalized spacial score (nSPS) is 10.9. The van der Waals surface area contributed by atoms with Crippen LogP contribution in [0.2, 0.25) is 0 Å².